The van der Waals surface area contributed by atoms with Crippen molar-refractivity contribution in [1.29, 1.82) is 0 Å². The van der Waals surface area contributed by atoms with E-state index < -0.39 is 30.3 Å². The second-order valence-electron chi connectivity index (χ2n) is 17.2. The molecule has 3 fully saturated rings. The second-order valence-corrected chi connectivity index (χ2v) is 17.2. The summed E-state index contributed by atoms with van der Waals surface area (Å²) in [5.41, 5.74) is 3.52. The molecule has 3 aliphatic rings. The van der Waals surface area contributed by atoms with Gasteiger partial charge >= 0.3 is 12.1 Å². The summed E-state index contributed by atoms with van der Waals surface area (Å²) in [7, 11) is 0. The SMILES string of the molecule is CC(C)C[C@H](NC(=O)c1ccc(COc2cccc([C@@H](NC(=O)O[C@H]3CN4CCC3CC4)c3ccccc3)c2)cc1)C(=O)OCCCCNC[C@H](O)c1ccc(O)c2[nH]c(=O)ccc12. The van der Waals surface area contributed by atoms with Crippen LogP contribution >= 0.6 is 0 Å². The number of hydrogen-bond donors (Lipinski definition) is 6. The average Bonchev–Trinajstić information content (AvgIpc) is 3.30. The Kier molecular flexibility index (Phi) is 15.7. The quantitative estimate of drug-likeness (QED) is 0.0369. The molecule has 0 radical (unpaired) electrons. The number of carbonyl (C=O) groups is 3. The number of phenols is 1. The zero-order chi connectivity index (χ0) is 45.0. The number of aliphatic hydroxyl groups excluding tert-OH is 1. The molecule has 4 atom stereocenters. The van der Waals surface area contributed by atoms with E-state index in [2.05, 4.69) is 25.8 Å². The molecule has 0 unspecified atom stereocenters. The van der Waals surface area contributed by atoms with Gasteiger partial charge in [0.1, 0.15) is 30.3 Å². The van der Waals surface area contributed by atoms with E-state index in [0.717, 1.165) is 49.2 Å². The molecular weight excluding hydrogens is 815 g/mol. The molecule has 0 spiro atoms. The minimum absolute atomic E-state index is 0.0690. The van der Waals surface area contributed by atoms with Gasteiger partial charge in [0.15, 0.2) is 0 Å². The number of unbranched alkanes of at least 4 members (excludes halogenated alkanes) is 1. The number of pyridine rings is 1. The molecule has 1 aromatic heterocycles. The number of aromatic amines is 1. The highest BCUT2D eigenvalue weighted by Gasteiger charge is 2.37. The topological polar surface area (TPSA) is 192 Å². The zero-order valence-electron chi connectivity index (χ0n) is 36.5. The lowest BCUT2D eigenvalue weighted by atomic mass is 9.86. The number of fused-ring (bicyclic) bond motifs is 4. The van der Waals surface area contributed by atoms with Crippen molar-refractivity contribution in [2.24, 2.45) is 11.8 Å². The number of piperidine rings is 3. The molecule has 4 aromatic carbocycles. The van der Waals surface area contributed by atoms with Crippen molar-refractivity contribution < 1.29 is 38.8 Å². The number of nitrogens with one attached hydrogen (secondary N) is 4. The van der Waals surface area contributed by atoms with Crippen LogP contribution in [-0.2, 0) is 20.9 Å². The number of nitrogens with zero attached hydrogens (tertiary/aromatic N) is 1. The maximum atomic E-state index is 13.3. The molecule has 6 N–H and O–H groups in total. The van der Waals surface area contributed by atoms with E-state index in [0.29, 0.717) is 54.0 Å². The van der Waals surface area contributed by atoms with E-state index in [9.17, 15) is 29.4 Å². The van der Waals surface area contributed by atoms with Gasteiger partial charge in [-0.15, -0.1) is 0 Å². The highest BCUT2D eigenvalue weighted by molar-refractivity contribution is 5.96. The number of carbonyl (C=O) groups excluding carboxylic acids is 3. The van der Waals surface area contributed by atoms with Crippen molar-refractivity contribution in [2.45, 2.75) is 76.9 Å². The predicted octanol–water partition coefficient (Wildman–Crippen LogP) is 6.51. The summed E-state index contributed by atoms with van der Waals surface area (Å²) in [6.45, 7) is 8.09. The van der Waals surface area contributed by atoms with Gasteiger partial charge in [-0.2, -0.15) is 0 Å². The number of esters is 1. The largest absolute Gasteiger partial charge is 0.506 e. The van der Waals surface area contributed by atoms with Gasteiger partial charge in [-0.3, -0.25) is 14.5 Å². The molecule has 0 saturated carbocycles. The highest BCUT2D eigenvalue weighted by atomic mass is 16.6. The summed E-state index contributed by atoms with van der Waals surface area (Å²) in [5, 5.41) is 30.6. The molecule has 338 valence electrons. The second kappa shape index (κ2) is 21.9. The lowest BCUT2D eigenvalue weighted by molar-refractivity contribution is -0.146. The van der Waals surface area contributed by atoms with Gasteiger partial charge in [0, 0.05) is 30.1 Å². The van der Waals surface area contributed by atoms with E-state index in [1.54, 1.807) is 24.3 Å². The molecule has 5 aromatic rings. The van der Waals surface area contributed by atoms with Crippen molar-refractivity contribution in [3.8, 4) is 11.5 Å². The number of aromatic hydroxyl groups is 1. The Labute approximate surface area is 373 Å². The van der Waals surface area contributed by atoms with E-state index in [-0.39, 0.29) is 54.5 Å². The first kappa shape index (κ1) is 45.8. The maximum Gasteiger partial charge on any atom is 0.408 e. The number of phenolic OH excluding ortho intramolecular Hbond substituents is 1. The number of benzene rings is 4. The Balaban J connectivity index is 0.858. The number of aromatic nitrogens is 1. The van der Waals surface area contributed by atoms with E-state index in [1.165, 1.54) is 12.1 Å². The molecule has 3 saturated heterocycles. The Morgan fingerprint density at radius 3 is 2.38 bits per heavy atom. The van der Waals surface area contributed by atoms with Crippen LogP contribution in [0.5, 0.6) is 11.5 Å². The van der Waals surface area contributed by atoms with Crippen molar-refractivity contribution in [3.05, 3.63) is 141 Å². The monoisotopic (exact) mass is 873 g/mol. The van der Waals surface area contributed by atoms with Crippen molar-refractivity contribution >= 4 is 28.9 Å². The average molecular weight is 874 g/mol. The number of rotatable bonds is 20. The lowest BCUT2D eigenvalue weighted by Gasteiger charge is -2.43. The Hall–Kier alpha value is -6.22. The third kappa shape index (κ3) is 12.3. The third-order valence-corrected chi connectivity index (χ3v) is 12.0. The number of ether oxygens (including phenoxy) is 3. The first-order valence-corrected chi connectivity index (χ1v) is 22.3. The number of aliphatic hydroxyl groups is 1. The number of hydrogen-bond acceptors (Lipinski definition) is 11. The Morgan fingerprint density at radius 1 is 0.875 bits per heavy atom. The summed E-state index contributed by atoms with van der Waals surface area (Å²) in [6, 6.07) is 29.2. The number of H-pyrrole nitrogens is 1. The van der Waals surface area contributed by atoms with Crippen molar-refractivity contribution in [1.82, 2.24) is 25.8 Å². The molecule has 4 heterocycles. The van der Waals surface area contributed by atoms with Gasteiger partial charge in [0.25, 0.3) is 5.91 Å². The summed E-state index contributed by atoms with van der Waals surface area (Å²) >= 11 is 0. The summed E-state index contributed by atoms with van der Waals surface area (Å²) < 4.78 is 17.7. The Morgan fingerprint density at radius 2 is 1.64 bits per heavy atom. The standard InChI is InChI=1S/C50H59N5O9/c1-32(2)27-41(49(60)62-26-7-6-23-51-29-43(57)39-17-19-42(56)47-40(39)18-20-45(58)53-47)52-48(59)36-15-13-33(14-16-36)31-63-38-12-8-11-37(28-38)46(35-9-4-3-5-10-35)54-50(61)64-44-30-55-24-21-34(44)22-25-55/h3-5,8-20,28,32,34,41,43-44,46,51,56-57H,6-7,21-27,29-31H2,1-2H3,(H,52,59)(H,53,58)(H,54,61)/t41-,43-,44-,46-/m0/s1. The van der Waals surface area contributed by atoms with Gasteiger partial charge in [0.05, 0.1) is 24.3 Å². The van der Waals surface area contributed by atoms with Crippen LogP contribution in [0.1, 0.15) is 90.7 Å². The van der Waals surface area contributed by atoms with Crippen LogP contribution < -0.4 is 26.2 Å². The smallest absolute Gasteiger partial charge is 0.408 e. The molecule has 14 heteroatoms. The molecule has 14 nitrogen and oxygen atoms in total. The van der Waals surface area contributed by atoms with Gasteiger partial charge in [-0.25, -0.2) is 9.59 Å². The van der Waals surface area contributed by atoms with Crippen LogP contribution in [0.3, 0.4) is 0 Å². The van der Waals surface area contributed by atoms with E-state index >= 15 is 0 Å². The van der Waals surface area contributed by atoms with Gasteiger partial charge in [0.2, 0.25) is 5.56 Å². The maximum absolute atomic E-state index is 13.3. The normalized spacial score (nSPS) is 18.2. The van der Waals surface area contributed by atoms with Gasteiger partial charge < -0.3 is 45.4 Å². The van der Waals surface area contributed by atoms with Gasteiger partial charge in [-0.1, -0.05) is 74.5 Å². The fraction of sp³-hybridized carbons (Fsp3) is 0.400. The van der Waals surface area contributed by atoms with Crippen LogP contribution in [0.4, 0.5) is 4.79 Å². The highest BCUT2D eigenvalue weighted by Crippen LogP contribution is 2.31. The molecule has 2 amide bonds. The number of amides is 2. The third-order valence-electron chi connectivity index (χ3n) is 12.0. The van der Waals surface area contributed by atoms with Crippen LogP contribution in [0, 0.1) is 11.8 Å². The van der Waals surface area contributed by atoms with Crippen molar-refractivity contribution in [2.75, 3.05) is 39.3 Å². The fourth-order valence-corrected chi connectivity index (χ4v) is 8.49. The predicted molar refractivity (Wildman–Crippen MR) is 243 cm³/mol. The first-order valence-electron chi connectivity index (χ1n) is 22.3. The molecule has 0 aliphatic carbocycles. The van der Waals surface area contributed by atoms with E-state index in [1.807, 2.05) is 80.6 Å². The van der Waals surface area contributed by atoms with Crippen LogP contribution in [0.2, 0.25) is 0 Å². The Bertz CT molecular complexity index is 2400. The van der Waals surface area contributed by atoms with Crippen LogP contribution in [0.25, 0.3) is 10.9 Å². The minimum atomic E-state index is -0.873. The first-order chi connectivity index (χ1) is 31.0. The van der Waals surface area contributed by atoms with Crippen LogP contribution in [0.15, 0.2) is 108 Å². The summed E-state index contributed by atoms with van der Waals surface area (Å²) in [4.78, 5) is 56.4. The lowest BCUT2D eigenvalue weighted by Crippen LogP contribution is -2.52. The molecule has 3 aliphatic heterocycles. The fourth-order valence-electron chi connectivity index (χ4n) is 8.49. The summed E-state index contributed by atoms with van der Waals surface area (Å²) in [6.07, 6.45) is 2.36. The van der Waals surface area contributed by atoms with Crippen LogP contribution in [-0.4, -0.2) is 89.5 Å². The molecule has 8 rings (SSSR count). The molecule has 64 heavy (non-hydrogen) atoms. The zero-order valence-corrected chi connectivity index (χ0v) is 36.5. The minimum Gasteiger partial charge on any atom is -0.506 e. The molecular formula is C50H59N5O9. The number of alkyl carbamates (subject to hydrolysis) is 1. The molecule has 2 bridgehead atoms. The van der Waals surface area contributed by atoms with Gasteiger partial charge in [-0.05, 0) is 122 Å². The van der Waals surface area contributed by atoms with E-state index in [4.69, 9.17) is 14.2 Å². The summed E-state index contributed by atoms with van der Waals surface area (Å²) in [5.74, 6) is 0.205. The van der Waals surface area contributed by atoms with Crippen molar-refractivity contribution in [3.63, 3.8) is 0 Å².